The van der Waals surface area contributed by atoms with Gasteiger partial charge in [0.15, 0.2) is 6.29 Å². The van der Waals surface area contributed by atoms with Crippen molar-refractivity contribution in [3.8, 4) is 29.0 Å². The maximum Gasteiger partial charge on any atom is 0.222 e. The largest absolute Gasteiger partial charge is 0.488 e. The molecule has 3 aromatic rings. The smallest absolute Gasteiger partial charge is 0.222 e. The molecule has 1 saturated carbocycles. The molecule has 1 spiro atoms. The molecule has 0 amide bonds. The van der Waals surface area contributed by atoms with Crippen LogP contribution in [-0.2, 0) is 0 Å². The molecule has 1 saturated heterocycles. The summed E-state index contributed by atoms with van der Waals surface area (Å²) in [6.45, 7) is 3.96. The fourth-order valence-corrected chi connectivity index (χ4v) is 4.87. The topological polar surface area (TPSA) is 88.3 Å². The van der Waals surface area contributed by atoms with Gasteiger partial charge in [-0.3, -0.25) is 4.79 Å². The molecule has 1 aliphatic heterocycles. The van der Waals surface area contributed by atoms with E-state index in [1.807, 2.05) is 13.0 Å². The van der Waals surface area contributed by atoms with Crippen LogP contribution in [0.25, 0.3) is 11.3 Å². The van der Waals surface area contributed by atoms with Crippen molar-refractivity contribution in [2.75, 3.05) is 24.6 Å². The van der Waals surface area contributed by atoms with E-state index < -0.39 is 5.82 Å². The molecule has 172 valence electrons. The lowest BCUT2D eigenvalue weighted by atomic mass is 9.61. The Hall–Kier alpha value is -3.99. The third-order valence-corrected chi connectivity index (χ3v) is 6.41. The summed E-state index contributed by atoms with van der Waals surface area (Å²) in [6, 6.07) is 13.6. The van der Waals surface area contributed by atoms with Gasteiger partial charge in [0.05, 0.1) is 29.1 Å². The molecule has 8 heteroatoms. The zero-order valence-corrected chi connectivity index (χ0v) is 18.7. The number of aldehydes is 1. The van der Waals surface area contributed by atoms with E-state index in [0.29, 0.717) is 41.3 Å². The number of ether oxygens (including phenoxy) is 2. The van der Waals surface area contributed by atoms with Crippen LogP contribution in [-0.4, -0.2) is 42.1 Å². The second-order valence-electron chi connectivity index (χ2n) is 8.76. The summed E-state index contributed by atoms with van der Waals surface area (Å²) >= 11 is 0. The van der Waals surface area contributed by atoms with Gasteiger partial charge in [0.2, 0.25) is 5.88 Å². The molecule has 5 rings (SSSR count). The van der Waals surface area contributed by atoms with E-state index in [1.165, 1.54) is 12.1 Å². The molecule has 0 N–H and O–H groups in total. The highest BCUT2D eigenvalue weighted by atomic mass is 19.1. The molecule has 0 atom stereocenters. The van der Waals surface area contributed by atoms with E-state index in [1.54, 1.807) is 30.5 Å². The Kier molecular flexibility index (Phi) is 5.62. The van der Waals surface area contributed by atoms with Crippen molar-refractivity contribution >= 4 is 12.0 Å². The first-order chi connectivity index (χ1) is 16.5. The molecular formula is C26H23FN4O3. The molecule has 3 heterocycles. The fraction of sp³-hybridized carbons (Fsp3) is 0.308. The monoisotopic (exact) mass is 458 g/mol. The SMILES string of the molecule is CCOc1ncccc1-c1ccc(OC2CC3(C2)CN(c2ccc(F)cc2C#N)C3)c(C=O)n1. The van der Waals surface area contributed by atoms with Crippen molar-refractivity contribution in [2.45, 2.75) is 25.9 Å². The van der Waals surface area contributed by atoms with Gasteiger partial charge in [-0.15, -0.1) is 0 Å². The average molecular weight is 458 g/mol. The lowest BCUT2D eigenvalue weighted by molar-refractivity contribution is -0.0343. The van der Waals surface area contributed by atoms with Crippen LogP contribution in [0.2, 0.25) is 0 Å². The first-order valence-electron chi connectivity index (χ1n) is 11.2. The van der Waals surface area contributed by atoms with E-state index in [9.17, 15) is 14.4 Å². The second-order valence-corrected chi connectivity index (χ2v) is 8.76. The first kappa shape index (κ1) is 21.8. The van der Waals surface area contributed by atoms with E-state index in [-0.39, 0.29) is 17.2 Å². The number of pyridine rings is 2. The Morgan fingerprint density at radius 2 is 2.09 bits per heavy atom. The van der Waals surface area contributed by atoms with Gasteiger partial charge in [0.25, 0.3) is 0 Å². The lowest BCUT2D eigenvalue weighted by Gasteiger charge is -2.59. The normalized spacial score (nSPS) is 16.3. The number of hydrogen-bond donors (Lipinski definition) is 0. The van der Waals surface area contributed by atoms with Crippen LogP contribution in [0.5, 0.6) is 11.6 Å². The number of carbonyl (C=O) groups is 1. The molecular weight excluding hydrogens is 435 g/mol. The minimum absolute atomic E-state index is 0.00506. The number of halogens is 1. The highest BCUT2D eigenvalue weighted by molar-refractivity contribution is 5.79. The first-order valence-corrected chi connectivity index (χ1v) is 11.2. The number of hydrogen-bond acceptors (Lipinski definition) is 7. The van der Waals surface area contributed by atoms with E-state index >= 15 is 0 Å². The quantitative estimate of drug-likeness (QED) is 0.485. The Bertz CT molecular complexity index is 1280. The van der Waals surface area contributed by atoms with Crippen molar-refractivity contribution in [2.24, 2.45) is 5.41 Å². The molecule has 1 aliphatic carbocycles. The van der Waals surface area contributed by atoms with Crippen molar-refractivity contribution in [3.63, 3.8) is 0 Å². The minimum Gasteiger partial charge on any atom is -0.488 e. The minimum atomic E-state index is -0.407. The van der Waals surface area contributed by atoms with E-state index in [0.717, 1.165) is 31.6 Å². The van der Waals surface area contributed by atoms with Crippen LogP contribution in [0.15, 0.2) is 48.7 Å². The van der Waals surface area contributed by atoms with Gasteiger partial charge in [-0.2, -0.15) is 5.26 Å². The number of rotatable bonds is 7. The number of carbonyl (C=O) groups excluding carboxylic acids is 1. The molecule has 2 fully saturated rings. The summed E-state index contributed by atoms with van der Waals surface area (Å²) in [5, 5.41) is 9.29. The molecule has 0 radical (unpaired) electrons. The maximum atomic E-state index is 13.4. The van der Waals surface area contributed by atoms with Crippen molar-refractivity contribution < 1.29 is 18.7 Å². The average Bonchev–Trinajstić information content (AvgIpc) is 2.80. The Labute approximate surface area is 196 Å². The van der Waals surface area contributed by atoms with Gasteiger partial charge < -0.3 is 14.4 Å². The molecule has 2 aromatic heterocycles. The molecule has 7 nitrogen and oxygen atoms in total. The number of nitriles is 1. The van der Waals surface area contributed by atoms with E-state index in [2.05, 4.69) is 20.9 Å². The standard InChI is InChI=1S/C26H23FN4O3/c1-2-33-25-20(4-3-9-29-25)21-6-8-24(22(14-32)30-21)34-19-11-26(12-19)15-31(16-26)23-7-5-18(27)10-17(23)13-28/h3-10,14,19H,2,11-12,15-16H2,1H3. The van der Waals surface area contributed by atoms with Crippen LogP contribution in [0.4, 0.5) is 10.1 Å². The van der Waals surface area contributed by atoms with Crippen molar-refractivity contribution in [1.29, 1.82) is 5.26 Å². The molecule has 34 heavy (non-hydrogen) atoms. The van der Waals surface area contributed by atoms with Gasteiger partial charge in [0.1, 0.15) is 29.4 Å². The maximum absolute atomic E-state index is 13.4. The predicted molar refractivity (Wildman–Crippen MR) is 123 cm³/mol. The van der Waals surface area contributed by atoms with Gasteiger partial charge in [0, 0.05) is 24.7 Å². The molecule has 0 bridgehead atoms. The fourth-order valence-electron chi connectivity index (χ4n) is 4.87. The highest BCUT2D eigenvalue weighted by Gasteiger charge is 2.54. The van der Waals surface area contributed by atoms with E-state index in [4.69, 9.17) is 9.47 Å². The third kappa shape index (κ3) is 3.94. The third-order valence-electron chi connectivity index (χ3n) is 6.41. The summed E-state index contributed by atoms with van der Waals surface area (Å²) in [6.07, 6.45) is 4.05. The summed E-state index contributed by atoms with van der Waals surface area (Å²) < 4.78 is 25.1. The van der Waals surface area contributed by atoms with Crippen LogP contribution >= 0.6 is 0 Å². The number of benzene rings is 1. The number of aromatic nitrogens is 2. The number of nitrogens with zero attached hydrogens (tertiary/aromatic N) is 4. The van der Waals surface area contributed by atoms with Crippen LogP contribution in [0.3, 0.4) is 0 Å². The number of anilines is 1. The van der Waals surface area contributed by atoms with Crippen molar-refractivity contribution in [3.05, 3.63) is 65.7 Å². The van der Waals surface area contributed by atoms with Crippen LogP contribution < -0.4 is 14.4 Å². The van der Waals surface area contributed by atoms with Gasteiger partial charge in [-0.05, 0) is 62.2 Å². The highest BCUT2D eigenvalue weighted by Crippen LogP contribution is 2.51. The predicted octanol–water partition coefficient (Wildman–Crippen LogP) is 4.41. The Balaban J connectivity index is 1.24. The second kappa shape index (κ2) is 8.75. The summed E-state index contributed by atoms with van der Waals surface area (Å²) in [5.41, 5.74) is 2.80. The zero-order chi connectivity index (χ0) is 23.7. The molecule has 1 aromatic carbocycles. The van der Waals surface area contributed by atoms with Crippen LogP contribution in [0.1, 0.15) is 35.8 Å². The summed E-state index contributed by atoms with van der Waals surface area (Å²) in [7, 11) is 0. The Morgan fingerprint density at radius 3 is 2.82 bits per heavy atom. The molecule has 0 unspecified atom stereocenters. The summed E-state index contributed by atoms with van der Waals surface area (Å²) in [5.74, 6) is 0.525. The van der Waals surface area contributed by atoms with Crippen LogP contribution in [0, 0.1) is 22.6 Å². The van der Waals surface area contributed by atoms with Gasteiger partial charge in [-0.1, -0.05) is 0 Å². The summed E-state index contributed by atoms with van der Waals surface area (Å²) in [4.78, 5) is 22.6. The molecule has 2 aliphatic rings. The van der Waals surface area contributed by atoms with Gasteiger partial charge in [-0.25, -0.2) is 14.4 Å². The van der Waals surface area contributed by atoms with Crippen molar-refractivity contribution in [1.82, 2.24) is 9.97 Å². The van der Waals surface area contributed by atoms with Gasteiger partial charge >= 0.3 is 0 Å². The Morgan fingerprint density at radius 1 is 1.26 bits per heavy atom. The zero-order valence-electron chi connectivity index (χ0n) is 18.7. The lowest BCUT2D eigenvalue weighted by Crippen LogP contribution is -2.65.